The molecule has 0 saturated carbocycles. The number of carboxylic acids is 1. The van der Waals surface area contributed by atoms with Gasteiger partial charge in [-0.05, 0) is 18.2 Å². The van der Waals surface area contributed by atoms with Crippen LogP contribution in [0, 0.1) is 0 Å². The summed E-state index contributed by atoms with van der Waals surface area (Å²) in [7, 11) is 1.61. The first-order valence-corrected chi connectivity index (χ1v) is 6.09. The van der Waals surface area contributed by atoms with Gasteiger partial charge in [-0.25, -0.2) is 4.79 Å². The van der Waals surface area contributed by atoms with Crippen molar-refractivity contribution >= 4 is 23.0 Å². The van der Waals surface area contributed by atoms with Crippen LogP contribution in [0.1, 0.15) is 15.9 Å². The molecule has 2 aromatic carbocycles. The molecule has 0 radical (unpaired) electrons. The first-order valence-electron chi connectivity index (χ1n) is 6.09. The first-order chi connectivity index (χ1) is 9.63. The van der Waals surface area contributed by atoms with Gasteiger partial charge >= 0.3 is 5.97 Å². The van der Waals surface area contributed by atoms with Gasteiger partial charge in [0.05, 0.1) is 23.5 Å². The van der Waals surface area contributed by atoms with Crippen LogP contribution in [0.3, 0.4) is 0 Å². The van der Waals surface area contributed by atoms with Crippen molar-refractivity contribution in [3.63, 3.8) is 0 Å². The second-order valence-electron chi connectivity index (χ2n) is 4.29. The Bertz CT molecular complexity index is 626. The number of hydrogen-bond acceptors (Lipinski definition) is 4. The summed E-state index contributed by atoms with van der Waals surface area (Å²) < 4.78 is 5.13. The van der Waals surface area contributed by atoms with Gasteiger partial charge in [0.1, 0.15) is 0 Å². The molecule has 0 aliphatic rings. The minimum atomic E-state index is -1.02. The van der Waals surface area contributed by atoms with Crippen molar-refractivity contribution in [2.75, 3.05) is 18.2 Å². The molecule has 0 unspecified atom stereocenters. The van der Waals surface area contributed by atoms with Crippen LogP contribution >= 0.6 is 0 Å². The van der Waals surface area contributed by atoms with Gasteiger partial charge in [-0.3, -0.25) is 0 Å². The Kier molecular flexibility index (Phi) is 4.22. The van der Waals surface area contributed by atoms with Gasteiger partial charge in [-0.1, -0.05) is 24.3 Å². The number of para-hydroxylation sites is 2. The highest BCUT2D eigenvalue weighted by Crippen LogP contribution is 2.29. The number of benzene rings is 2. The zero-order chi connectivity index (χ0) is 14.5. The average molecular weight is 272 g/mol. The fourth-order valence-corrected chi connectivity index (χ4v) is 1.95. The Morgan fingerprint density at radius 1 is 1.25 bits per heavy atom. The summed E-state index contributed by atoms with van der Waals surface area (Å²) in [5, 5.41) is 12.3. The van der Waals surface area contributed by atoms with Crippen LogP contribution in [-0.2, 0) is 11.3 Å². The predicted octanol–water partition coefficient (Wildman–Crippen LogP) is 2.86. The third kappa shape index (κ3) is 2.89. The minimum absolute atomic E-state index is 0.136. The normalized spacial score (nSPS) is 10.2. The SMILES string of the molecule is COCc1ccccc1Nc1c(N)cccc1C(=O)O. The Labute approximate surface area is 117 Å². The van der Waals surface area contributed by atoms with E-state index in [9.17, 15) is 9.90 Å². The van der Waals surface area contributed by atoms with Gasteiger partial charge in [-0.2, -0.15) is 0 Å². The standard InChI is InChI=1S/C15H16N2O3/c1-20-9-10-5-2-3-8-13(10)17-14-11(15(18)19)6-4-7-12(14)16/h2-8,17H,9,16H2,1H3,(H,18,19). The van der Waals surface area contributed by atoms with Crippen LogP contribution in [0.5, 0.6) is 0 Å². The molecule has 0 spiro atoms. The topological polar surface area (TPSA) is 84.6 Å². The lowest BCUT2D eigenvalue weighted by atomic mass is 10.1. The van der Waals surface area contributed by atoms with Crippen molar-refractivity contribution in [1.82, 2.24) is 0 Å². The second kappa shape index (κ2) is 6.08. The monoisotopic (exact) mass is 272 g/mol. The van der Waals surface area contributed by atoms with Crippen molar-refractivity contribution in [3.8, 4) is 0 Å². The number of hydrogen-bond donors (Lipinski definition) is 3. The molecule has 0 saturated heterocycles. The van der Waals surface area contributed by atoms with E-state index in [1.165, 1.54) is 6.07 Å². The molecule has 0 amide bonds. The van der Waals surface area contributed by atoms with Gasteiger partial charge < -0.3 is 20.9 Å². The van der Waals surface area contributed by atoms with E-state index in [4.69, 9.17) is 10.5 Å². The number of nitrogen functional groups attached to an aromatic ring is 1. The Hall–Kier alpha value is -2.53. The van der Waals surface area contributed by atoms with E-state index in [0.717, 1.165) is 11.3 Å². The number of carboxylic acid groups (broad SMARTS) is 1. The number of carbonyl (C=O) groups is 1. The summed E-state index contributed by atoms with van der Waals surface area (Å²) in [6.07, 6.45) is 0. The maximum absolute atomic E-state index is 11.3. The van der Waals surface area contributed by atoms with E-state index in [1.807, 2.05) is 24.3 Å². The van der Waals surface area contributed by atoms with Crippen molar-refractivity contribution < 1.29 is 14.6 Å². The zero-order valence-electron chi connectivity index (χ0n) is 11.1. The molecule has 5 heteroatoms. The van der Waals surface area contributed by atoms with Gasteiger partial charge in [0.2, 0.25) is 0 Å². The molecule has 2 rings (SSSR count). The molecular formula is C15H16N2O3. The van der Waals surface area contributed by atoms with Crippen LogP contribution in [0.25, 0.3) is 0 Å². The van der Waals surface area contributed by atoms with Gasteiger partial charge in [-0.15, -0.1) is 0 Å². The molecule has 0 atom stereocenters. The third-order valence-corrected chi connectivity index (χ3v) is 2.90. The molecule has 2 aromatic rings. The average Bonchev–Trinajstić information content (AvgIpc) is 2.43. The molecule has 0 aliphatic heterocycles. The molecule has 0 fully saturated rings. The number of nitrogens with two attached hydrogens (primary N) is 1. The molecule has 20 heavy (non-hydrogen) atoms. The van der Waals surface area contributed by atoms with Gasteiger partial charge in [0.25, 0.3) is 0 Å². The highest BCUT2D eigenvalue weighted by Gasteiger charge is 2.13. The first kappa shape index (κ1) is 13.9. The van der Waals surface area contributed by atoms with Gasteiger partial charge in [0, 0.05) is 18.4 Å². The molecule has 0 bridgehead atoms. The second-order valence-corrected chi connectivity index (χ2v) is 4.29. The molecule has 5 nitrogen and oxygen atoms in total. The highest BCUT2D eigenvalue weighted by molar-refractivity contribution is 5.98. The molecular weight excluding hydrogens is 256 g/mol. The maximum atomic E-state index is 11.3. The summed E-state index contributed by atoms with van der Waals surface area (Å²) >= 11 is 0. The fourth-order valence-electron chi connectivity index (χ4n) is 1.95. The number of aromatic carboxylic acids is 1. The van der Waals surface area contributed by atoms with Gasteiger partial charge in [0.15, 0.2) is 0 Å². The van der Waals surface area contributed by atoms with Crippen LogP contribution in [-0.4, -0.2) is 18.2 Å². The Balaban J connectivity index is 2.42. The summed E-state index contributed by atoms with van der Waals surface area (Å²) in [6.45, 7) is 0.429. The highest BCUT2D eigenvalue weighted by atomic mass is 16.5. The molecule has 104 valence electrons. The Morgan fingerprint density at radius 2 is 2.00 bits per heavy atom. The zero-order valence-corrected chi connectivity index (χ0v) is 11.1. The lowest BCUT2D eigenvalue weighted by Gasteiger charge is -2.15. The van der Waals surface area contributed by atoms with E-state index < -0.39 is 5.97 Å². The van der Waals surface area contributed by atoms with Crippen LogP contribution in [0.2, 0.25) is 0 Å². The Morgan fingerprint density at radius 3 is 2.70 bits per heavy atom. The summed E-state index contributed by atoms with van der Waals surface area (Å²) in [4.78, 5) is 11.3. The van der Waals surface area contributed by atoms with E-state index >= 15 is 0 Å². The maximum Gasteiger partial charge on any atom is 0.337 e. The number of rotatable bonds is 5. The van der Waals surface area contributed by atoms with Crippen molar-refractivity contribution in [2.24, 2.45) is 0 Å². The van der Waals surface area contributed by atoms with Crippen LogP contribution in [0.15, 0.2) is 42.5 Å². The number of methoxy groups -OCH3 is 1. The minimum Gasteiger partial charge on any atom is -0.478 e. The van der Waals surface area contributed by atoms with Crippen molar-refractivity contribution in [3.05, 3.63) is 53.6 Å². The summed E-state index contributed by atoms with van der Waals surface area (Å²) in [5.74, 6) is -1.02. The predicted molar refractivity (Wildman–Crippen MR) is 78.3 cm³/mol. The lowest BCUT2D eigenvalue weighted by Crippen LogP contribution is -2.07. The fraction of sp³-hybridized carbons (Fsp3) is 0.133. The van der Waals surface area contributed by atoms with E-state index in [2.05, 4.69) is 5.32 Å². The molecule has 0 heterocycles. The van der Waals surface area contributed by atoms with Crippen LogP contribution in [0.4, 0.5) is 17.1 Å². The third-order valence-electron chi connectivity index (χ3n) is 2.90. The molecule has 0 aromatic heterocycles. The smallest absolute Gasteiger partial charge is 0.337 e. The van der Waals surface area contributed by atoms with Crippen molar-refractivity contribution in [1.29, 1.82) is 0 Å². The van der Waals surface area contributed by atoms with E-state index in [1.54, 1.807) is 19.2 Å². The van der Waals surface area contributed by atoms with Crippen LogP contribution < -0.4 is 11.1 Å². The summed E-state index contributed by atoms with van der Waals surface area (Å²) in [6, 6.07) is 12.3. The largest absolute Gasteiger partial charge is 0.478 e. The number of ether oxygens (including phenoxy) is 1. The van der Waals surface area contributed by atoms with Crippen molar-refractivity contribution in [2.45, 2.75) is 6.61 Å². The number of anilines is 3. The quantitative estimate of drug-likeness (QED) is 0.729. The number of nitrogens with one attached hydrogen (secondary N) is 1. The molecule has 0 aliphatic carbocycles. The lowest BCUT2D eigenvalue weighted by molar-refractivity contribution is 0.0698. The van der Waals surface area contributed by atoms with E-state index in [0.29, 0.717) is 18.0 Å². The molecule has 4 N–H and O–H groups in total. The van der Waals surface area contributed by atoms with E-state index in [-0.39, 0.29) is 5.56 Å². The summed E-state index contributed by atoms with van der Waals surface area (Å²) in [5.41, 5.74) is 8.49.